The number of aromatic amines is 1. The predicted octanol–water partition coefficient (Wildman–Crippen LogP) is 1.58. The van der Waals surface area contributed by atoms with Gasteiger partial charge in [0.15, 0.2) is 5.88 Å². The van der Waals surface area contributed by atoms with Crippen LogP contribution in [0.3, 0.4) is 0 Å². The van der Waals surface area contributed by atoms with Crippen LogP contribution in [0.15, 0.2) is 18.2 Å². The largest absolute Gasteiger partial charge is 0.494 e. The first kappa shape index (κ1) is 12.0. The standard InChI is InChI=1S/C14H15N3O2/c15-8-10-1-2-13-11(7-10)12(14(18)16-13)9-17-3-5-19-6-4-17/h1-2,7,16,18H,3-6,9H2. The lowest BCUT2D eigenvalue weighted by molar-refractivity contribution is 0.0340. The number of benzene rings is 1. The molecule has 0 radical (unpaired) electrons. The van der Waals surface area contributed by atoms with E-state index < -0.39 is 0 Å². The molecule has 1 aliphatic rings. The van der Waals surface area contributed by atoms with Crippen LogP contribution < -0.4 is 0 Å². The molecule has 0 amide bonds. The second kappa shape index (κ2) is 4.92. The molecule has 0 saturated carbocycles. The quantitative estimate of drug-likeness (QED) is 0.856. The third-order valence-corrected chi connectivity index (χ3v) is 3.50. The Hall–Kier alpha value is -2.03. The number of aromatic hydroxyl groups is 1. The Morgan fingerprint density at radius 3 is 2.89 bits per heavy atom. The van der Waals surface area contributed by atoms with E-state index >= 15 is 0 Å². The summed E-state index contributed by atoms with van der Waals surface area (Å²) in [6.45, 7) is 3.86. The van der Waals surface area contributed by atoms with Gasteiger partial charge in [-0.3, -0.25) is 4.90 Å². The third-order valence-electron chi connectivity index (χ3n) is 3.50. The number of hydrogen-bond donors (Lipinski definition) is 2. The number of nitrogens with zero attached hydrogens (tertiary/aromatic N) is 2. The highest BCUT2D eigenvalue weighted by atomic mass is 16.5. The molecule has 0 atom stereocenters. The van der Waals surface area contributed by atoms with Crippen LogP contribution >= 0.6 is 0 Å². The average molecular weight is 257 g/mol. The Bertz CT molecular complexity index is 636. The van der Waals surface area contributed by atoms with E-state index in [0.717, 1.165) is 42.8 Å². The van der Waals surface area contributed by atoms with Gasteiger partial charge >= 0.3 is 0 Å². The molecule has 19 heavy (non-hydrogen) atoms. The van der Waals surface area contributed by atoms with Crippen molar-refractivity contribution in [3.05, 3.63) is 29.3 Å². The van der Waals surface area contributed by atoms with Gasteiger partial charge in [-0.1, -0.05) is 0 Å². The minimum absolute atomic E-state index is 0.191. The Labute approximate surface area is 111 Å². The minimum atomic E-state index is 0.191. The van der Waals surface area contributed by atoms with E-state index in [9.17, 15) is 5.11 Å². The van der Waals surface area contributed by atoms with Gasteiger partial charge in [-0.2, -0.15) is 5.26 Å². The van der Waals surface area contributed by atoms with Gasteiger partial charge < -0.3 is 14.8 Å². The molecule has 2 heterocycles. The van der Waals surface area contributed by atoms with Gasteiger partial charge in [-0.25, -0.2) is 0 Å². The van der Waals surface area contributed by atoms with Gasteiger partial charge in [-0.15, -0.1) is 0 Å². The predicted molar refractivity (Wildman–Crippen MR) is 70.8 cm³/mol. The zero-order valence-corrected chi connectivity index (χ0v) is 10.5. The summed E-state index contributed by atoms with van der Waals surface area (Å²) in [7, 11) is 0. The molecular formula is C14H15N3O2. The first-order chi connectivity index (χ1) is 9.28. The summed E-state index contributed by atoms with van der Waals surface area (Å²) in [5, 5.41) is 19.9. The van der Waals surface area contributed by atoms with Crippen molar-refractivity contribution in [1.82, 2.24) is 9.88 Å². The van der Waals surface area contributed by atoms with E-state index in [2.05, 4.69) is 16.0 Å². The summed E-state index contributed by atoms with van der Waals surface area (Å²) in [5.41, 5.74) is 2.32. The third kappa shape index (κ3) is 2.28. The maximum atomic E-state index is 10.0. The van der Waals surface area contributed by atoms with E-state index in [1.807, 2.05) is 12.1 Å². The van der Waals surface area contributed by atoms with Gasteiger partial charge in [0.2, 0.25) is 0 Å². The van der Waals surface area contributed by atoms with E-state index in [4.69, 9.17) is 10.00 Å². The van der Waals surface area contributed by atoms with E-state index in [-0.39, 0.29) is 5.88 Å². The van der Waals surface area contributed by atoms with Gasteiger partial charge in [0.1, 0.15) is 0 Å². The fourth-order valence-corrected chi connectivity index (χ4v) is 2.45. The average Bonchev–Trinajstić information content (AvgIpc) is 2.76. The zero-order chi connectivity index (χ0) is 13.2. The molecule has 2 aromatic rings. The van der Waals surface area contributed by atoms with E-state index in [0.29, 0.717) is 12.1 Å². The molecule has 98 valence electrons. The number of ether oxygens (including phenoxy) is 1. The number of H-pyrrole nitrogens is 1. The molecule has 1 aliphatic heterocycles. The number of nitrogens with one attached hydrogen (secondary N) is 1. The highest BCUT2D eigenvalue weighted by Crippen LogP contribution is 2.29. The lowest BCUT2D eigenvalue weighted by Gasteiger charge is -2.26. The van der Waals surface area contributed by atoms with E-state index in [1.165, 1.54) is 0 Å². The number of rotatable bonds is 2. The zero-order valence-electron chi connectivity index (χ0n) is 10.5. The SMILES string of the molecule is N#Cc1ccc2[nH]c(O)c(CN3CCOCC3)c2c1. The molecule has 1 aromatic heterocycles. The Kier molecular flexibility index (Phi) is 3.11. The van der Waals surface area contributed by atoms with Crippen LogP contribution in [0.4, 0.5) is 0 Å². The van der Waals surface area contributed by atoms with Crippen LogP contribution in [-0.2, 0) is 11.3 Å². The van der Waals surface area contributed by atoms with Crippen molar-refractivity contribution in [2.24, 2.45) is 0 Å². The van der Waals surface area contributed by atoms with Crippen molar-refractivity contribution < 1.29 is 9.84 Å². The molecule has 5 heteroatoms. The fraction of sp³-hybridized carbons (Fsp3) is 0.357. The Morgan fingerprint density at radius 2 is 2.16 bits per heavy atom. The Balaban J connectivity index is 1.97. The Morgan fingerprint density at radius 1 is 1.37 bits per heavy atom. The monoisotopic (exact) mass is 257 g/mol. The first-order valence-corrected chi connectivity index (χ1v) is 6.31. The summed E-state index contributed by atoms with van der Waals surface area (Å²) >= 11 is 0. The fourth-order valence-electron chi connectivity index (χ4n) is 2.45. The molecule has 0 aliphatic carbocycles. The van der Waals surface area contributed by atoms with Crippen molar-refractivity contribution in [2.75, 3.05) is 26.3 Å². The summed E-state index contributed by atoms with van der Waals surface area (Å²) in [4.78, 5) is 5.20. The second-order valence-corrected chi connectivity index (χ2v) is 4.71. The van der Waals surface area contributed by atoms with Crippen molar-refractivity contribution in [3.63, 3.8) is 0 Å². The number of aromatic nitrogens is 1. The molecule has 1 aromatic carbocycles. The smallest absolute Gasteiger partial charge is 0.193 e. The summed E-state index contributed by atoms with van der Waals surface area (Å²) in [5.74, 6) is 0.191. The van der Waals surface area contributed by atoms with Crippen molar-refractivity contribution in [1.29, 1.82) is 5.26 Å². The van der Waals surface area contributed by atoms with E-state index in [1.54, 1.807) is 6.07 Å². The van der Waals surface area contributed by atoms with Crippen molar-refractivity contribution in [3.8, 4) is 11.9 Å². The molecule has 0 unspecified atom stereocenters. The van der Waals surface area contributed by atoms with Crippen molar-refractivity contribution >= 4 is 10.9 Å². The van der Waals surface area contributed by atoms with Gasteiger partial charge in [-0.05, 0) is 18.2 Å². The number of morpholine rings is 1. The summed E-state index contributed by atoms with van der Waals surface area (Å²) < 4.78 is 5.32. The molecule has 5 nitrogen and oxygen atoms in total. The first-order valence-electron chi connectivity index (χ1n) is 6.31. The van der Waals surface area contributed by atoms with Gasteiger partial charge in [0.25, 0.3) is 0 Å². The van der Waals surface area contributed by atoms with Crippen LogP contribution in [0, 0.1) is 11.3 Å². The lowest BCUT2D eigenvalue weighted by atomic mass is 10.1. The molecule has 3 rings (SSSR count). The molecule has 1 fully saturated rings. The number of hydrogen-bond acceptors (Lipinski definition) is 4. The van der Waals surface area contributed by atoms with Crippen LogP contribution in [0.2, 0.25) is 0 Å². The van der Waals surface area contributed by atoms with Crippen molar-refractivity contribution in [2.45, 2.75) is 6.54 Å². The van der Waals surface area contributed by atoms with Crippen LogP contribution in [0.1, 0.15) is 11.1 Å². The molecule has 1 saturated heterocycles. The van der Waals surface area contributed by atoms with Crippen LogP contribution in [-0.4, -0.2) is 41.3 Å². The number of fused-ring (bicyclic) bond motifs is 1. The molecule has 0 spiro atoms. The normalized spacial score (nSPS) is 16.6. The van der Waals surface area contributed by atoms with Crippen LogP contribution in [0.25, 0.3) is 10.9 Å². The summed E-state index contributed by atoms with van der Waals surface area (Å²) in [6.07, 6.45) is 0. The summed E-state index contributed by atoms with van der Waals surface area (Å²) in [6, 6.07) is 7.53. The molecule has 2 N–H and O–H groups in total. The van der Waals surface area contributed by atoms with Crippen LogP contribution in [0.5, 0.6) is 5.88 Å². The van der Waals surface area contributed by atoms with Gasteiger partial charge in [0.05, 0.1) is 24.8 Å². The highest BCUT2D eigenvalue weighted by Gasteiger charge is 2.17. The van der Waals surface area contributed by atoms with Gasteiger partial charge in [0, 0.05) is 36.1 Å². The molecular weight excluding hydrogens is 242 g/mol. The topological polar surface area (TPSA) is 72.3 Å². The highest BCUT2D eigenvalue weighted by molar-refractivity contribution is 5.86. The minimum Gasteiger partial charge on any atom is -0.494 e. The maximum absolute atomic E-state index is 10.0. The second-order valence-electron chi connectivity index (χ2n) is 4.71. The molecule has 0 bridgehead atoms. The maximum Gasteiger partial charge on any atom is 0.193 e. The number of nitriles is 1. The lowest BCUT2D eigenvalue weighted by Crippen LogP contribution is -2.35.